The third-order valence-corrected chi connectivity index (χ3v) is 9.03. The predicted molar refractivity (Wildman–Crippen MR) is 191 cm³/mol. The number of ether oxygens (including phenoxy) is 2. The van der Waals surface area contributed by atoms with Gasteiger partial charge in [-0.1, -0.05) is 23.7 Å². The third-order valence-electron chi connectivity index (χ3n) is 8.70. The number of imidazole rings is 2. The van der Waals surface area contributed by atoms with Crippen LogP contribution in [0.25, 0.3) is 55.9 Å². The van der Waals surface area contributed by atoms with Crippen LogP contribution < -0.4 is 9.47 Å². The van der Waals surface area contributed by atoms with E-state index in [-0.39, 0.29) is 5.52 Å². The van der Waals surface area contributed by atoms with Crippen LogP contribution in [0.1, 0.15) is 28.5 Å². The van der Waals surface area contributed by atoms with Crippen LogP contribution in [0.5, 0.6) is 11.5 Å². The molecule has 0 saturated heterocycles. The Labute approximate surface area is 291 Å². The van der Waals surface area contributed by atoms with Crippen molar-refractivity contribution in [2.75, 3.05) is 14.2 Å². The summed E-state index contributed by atoms with van der Waals surface area (Å²) < 4.78 is 43.5. The van der Waals surface area contributed by atoms with E-state index < -0.39 is 11.6 Å². The lowest BCUT2D eigenvalue weighted by Crippen LogP contribution is -2.01. The molecule has 0 amide bonds. The number of pyridine rings is 1. The molecule has 5 aromatic heterocycles. The molecule has 0 spiro atoms. The van der Waals surface area contributed by atoms with E-state index >= 15 is 0 Å². The minimum Gasteiger partial charge on any atom is -0.497 e. The number of aromatic nitrogens is 7. The molecule has 3 aromatic carbocycles. The predicted octanol–water partition coefficient (Wildman–Crippen LogP) is 8.98. The molecule has 0 fully saturated rings. The molecule has 12 heteroatoms. The molecule has 0 unspecified atom stereocenters. The molecule has 8 aromatic rings. The molecule has 50 heavy (non-hydrogen) atoms. The highest BCUT2D eigenvalue weighted by Gasteiger charge is 2.21. The van der Waals surface area contributed by atoms with Crippen LogP contribution in [-0.4, -0.2) is 47.9 Å². The highest BCUT2D eigenvalue weighted by molar-refractivity contribution is 6.33. The Morgan fingerprint density at radius 1 is 0.580 bits per heavy atom. The third kappa shape index (κ3) is 5.34. The number of aryl methyl sites for hydroxylation is 5. The maximum atomic E-state index is 14.6. The maximum absolute atomic E-state index is 14.6. The number of hydrogen-bond donors (Lipinski definition) is 0. The van der Waals surface area contributed by atoms with E-state index in [0.717, 1.165) is 50.8 Å². The van der Waals surface area contributed by atoms with E-state index in [9.17, 15) is 8.78 Å². The first kappa shape index (κ1) is 32.8. The summed E-state index contributed by atoms with van der Waals surface area (Å²) in [5.41, 5.74) is 9.14. The summed E-state index contributed by atoms with van der Waals surface area (Å²) in [6.07, 6.45) is 1.75. The van der Waals surface area contributed by atoms with Gasteiger partial charge in [-0.3, -0.25) is 13.8 Å². The highest BCUT2D eigenvalue weighted by atomic mass is 35.5. The van der Waals surface area contributed by atoms with Gasteiger partial charge in [-0.25, -0.2) is 28.7 Å². The van der Waals surface area contributed by atoms with Gasteiger partial charge >= 0.3 is 0 Å². The van der Waals surface area contributed by atoms with Crippen LogP contribution in [0.3, 0.4) is 0 Å². The second-order valence-electron chi connectivity index (χ2n) is 11.9. The monoisotopic (exact) mass is 691 g/mol. The molecule has 252 valence electrons. The van der Waals surface area contributed by atoms with Gasteiger partial charge in [0.05, 0.1) is 64.1 Å². The van der Waals surface area contributed by atoms with Crippen LogP contribution in [0.15, 0.2) is 66.9 Å². The van der Waals surface area contributed by atoms with Crippen molar-refractivity contribution >= 4 is 44.7 Å². The molecule has 0 aliphatic heterocycles. The first-order valence-corrected chi connectivity index (χ1v) is 16.1. The van der Waals surface area contributed by atoms with E-state index in [2.05, 4.69) is 15.0 Å². The lowest BCUT2D eigenvalue weighted by Gasteiger charge is -2.11. The molecule has 0 aliphatic carbocycles. The van der Waals surface area contributed by atoms with Gasteiger partial charge in [-0.2, -0.15) is 0 Å². The fourth-order valence-electron chi connectivity index (χ4n) is 6.46. The summed E-state index contributed by atoms with van der Waals surface area (Å²) in [5, 5.41) is 0.584. The first-order chi connectivity index (χ1) is 24.0. The van der Waals surface area contributed by atoms with Gasteiger partial charge in [-0.15, -0.1) is 0 Å². The smallest absolute Gasteiger partial charge is 0.154 e. The molecule has 0 saturated carbocycles. The van der Waals surface area contributed by atoms with Gasteiger partial charge in [0.25, 0.3) is 0 Å². The van der Waals surface area contributed by atoms with Crippen LogP contribution >= 0.6 is 11.6 Å². The number of hydrogen-bond acceptors (Lipinski definition) is 7. The van der Waals surface area contributed by atoms with Gasteiger partial charge in [0.2, 0.25) is 0 Å². The Morgan fingerprint density at radius 2 is 1.04 bits per heavy atom. The SMILES string of the molecule is COc1cc(F)c2nc(C)c3c(C)nc(-c4ccccc4Cl)n3c2c1.COc1cc(F)c2nc(C)c3c(C)nc(-c4cccnc4C)n3c2c1. The quantitative estimate of drug-likeness (QED) is 0.182. The van der Waals surface area contributed by atoms with Crippen molar-refractivity contribution in [3.8, 4) is 34.3 Å². The maximum Gasteiger partial charge on any atom is 0.154 e. The molecule has 8 rings (SSSR count). The average molecular weight is 692 g/mol. The molecular formula is C38H32ClF2N7O2. The van der Waals surface area contributed by atoms with Crippen LogP contribution in [0, 0.1) is 46.3 Å². The van der Waals surface area contributed by atoms with Gasteiger partial charge < -0.3 is 9.47 Å². The standard InChI is InChI=1S/C19H15ClFN3O.C19H17FN4O/c1-10-18-11(2)23-19(13-6-4-5-7-14(13)20)24(18)16-9-12(25-3)8-15(21)17(16)22-10;1-10-14(6-5-7-21-10)19-23-12(3)18-11(2)22-17-15(20)8-13(25-4)9-16(17)24(18)19/h4-9H,1-3H3;5-9H,1-4H3. The van der Waals surface area contributed by atoms with E-state index in [1.54, 1.807) is 18.3 Å². The molecule has 0 N–H and O–H groups in total. The zero-order valence-electron chi connectivity index (χ0n) is 28.4. The molecule has 0 aliphatic rings. The van der Waals surface area contributed by atoms with Crippen LogP contribution in [-0.2, 0) is 0 Å². The summed E-state index contributed by atoms with van der Waals surface area (Å²) in [6, 6.07) is 17.5. The number of rotatable bonds is 4. The number of nitrogens with zero attached hydrogens (tertiary/aromatic N) is 7. The fourth-order valence-corrected chi connectivity index (χ4v) is 6.68. The van der Waals surface area contributed by atoms with Crippen molar-refractivity contribution in [2.45, 2.75) is 34.6 Å². The van der Waals surface area contributed by atoms with Crippen molar-refractivity contribution in [3.05, 3.63) is 112 Å². The second kappa shape index (κ2) is 12.6. The van der Waals surface area contributed by atoms with Crippen molar-refractivity contribution in [1.29, 1.82) is 0 Å². The van der Waals surface area contributed by atoms with E-state index in [0.29, 0.717) is 44.6 Å². The topological polar surface area (TPSA) is 91.7 Å². The Hall–Kier alpha value is -5.68. The second-order valence-corrected chi connectivity index (χ2v) is 12.3. The molecule has 0 bridgehead atoms. The van der Waals surface area contributed by atoms with E-state index in [1.807, 2.05) is 79.8 Å². The van der Waals surface area contributed by atoms with Gasteiger partial charge in [0.1, 0.15) is 34.2 Å². The van der Waals surface area contributed by atoms with Crippen molar-refractivity contribution in [1.82, 2.24) is 33.7 Å². The van der Waals surface area contributed by atoms with Crippen LogP contribution in [0.2, 0.25) is 5.02 Å². The highest BCUT2D eigenvalue weighted by Crippen LogP contribution is 2.35. The number of benzene rings is 3. The molecule has 0 atom stereocenters. The zero-order valence-corrected chi connectivity index (χ0v) is 29.2. The minimum atomic E-state index is -0.434. The minimum absolute atomic E-state index is 0.275. The van der Waals surface area contributed by atoms with Gasteiger partial charge in [0.15, 0.2) is 11.6 Å². The lowest BCUT2D eigenvalue weighted by atomic mass is 10.2. The van der Waals surface area contributed by atoms with Gasteiger partial charge in [0, 0.05) is 47.3 Å². The molecule has 5 heterocycles. The summed E-state index contributed by atoms with van der Waals surface area (Å²) in [7, 11) is 3.03. The van der Waals surface area contributed by atoms with Crippen molar-refractivity contribution in [2.24, 2.45) is 0 Å². The number of methoxy groups -OCH3 is 2. The molecule has 0 radical (unpaired) electrons. The number of halogens is 3. The Kier molecular flexibility index (Phi) is 8.31. The zero-order chi connectivity index (χ0) is 35.4. The largest absolute Gasteiger partial charge is 0.497 e. The summed E-state index contributed by atoms with van der Waals surface area (Å²) >= 11 is 6.38. The fraction of sp³-hybridized carbons (Fsp3) is 0.184. The van der Waals surface area contributed by atoms with Gasteiger partial charge in [-0.05, 0) is 58.9 Å². The van der Waals surface area contributed by atoms with Crippen LogP contribution in [0.4, 0.5) is 8.78 Å². The normalized spacial score (nSPS) is 11.4. The van der Waals surface area contributed by atoms with E-state index in [1.165, 1.54) is 26.4 Å². The first-order valence-electron chi connectivity index (χ1n) is 15.7. The Bertz CT molecular complexity index is 2450. The van der Waals surface area contributed by atoms with E-state index in [4.69, 9.17) is 31.0 Å². The summed E-state index contributed by atoms with van der Waals surface area (Å²) in [6.45, 7) is 9.49. The Morgan fingerprint density at radius 3 is 1.52 bits per heavy atom. The molecule has 9 nitrogen and oxygen atoms in total. The summed E-state index contributed by atoms with van der Waals surface area (Å²) in [4.78, 5) is 22.7. The van der Waals surface area contributed by atoms with Crippen molar-refractivity contribution < 1.29 is 18.3 Å². The lowest BCUT2D eigenvalue weighted by molar-refractivity contribution is 0.412. The van der Waals surface area contributed by atoms with Crippen molar-refractivity contribution in [3.63, 3.8) is 0 Å². The Balaban J connectivity index is 0.000000157. The molecular weight excluding hydrogens is 660 g/mol. The average Bonchev–Trinajstić information content (AvgIpc) is 3.64. The number of fused-ring (bicyclic) bond motifs is 6. The summed E-state index contributed by atoms with van der Waals surface area (Å²) in [5.74, 6) is 1.39.